The zero-order valence-corrected chi connectivity index (χ0v) is 21.0. The summed E-state index contributed by atoms with van der Waals surface area (Å²) in [7, 11) is 0. The average Bonchev–Trinajstić information content (AvgIpc) is 3.29. The van der Waals surface area contributed by atoms with Crippen LogP contribution in [0.2, 0.25) is 0 Å². The van der Waals surface area contributed by atoms with Gasteiger partial charge in [-0.15, -0.1) is 10.2 Å². The third-order valence-electron chi connectivity index (χ3n) is 6.20. The van der Waals surface area contributed by atoms with Crippen molar-refractivity contribution in [2.24, 2.45) is 0 Å². The van der Waals surface area contributed by atoms with Gasteiger partial charge < -0.3 is 14.7 Å². The van der Waals surface area contributed by atoms with E-state index in [1.54, 1.807) is 30.9 Å². The molecule has 0 aliphatic carbocycles. The van der Waals surface area contributed by atoms with Gasteiger partial charge >= 0.3 is 6.09 Å². The van der Waals surface area contributed by atoms with E-state index in [0.29, 0.717) is 23.5 Å². The molecule has 1 N–H and O–H groups in total. The molecule has 1 aliphatic rings. The Morgan fingerprint density at radius 3 is 2.31 bits per heavy atom. The third-order valence-corrected chi connectivity index (χ3v) is 7.34. The van der Waals surface area contributed by atoms with Crippen LogP contribution in [0.3, 0.4) is 0 Å². The molecule has 0 bridgehead atoms. The van der Waals surface area contributed by atoms with Crippen molar-refractivity contribution in [3.63, 3.8) is 0 Å². The highest BCUT2D eigenvalue weighted by Crippen LogP contribution is 2.42. The molecule has 1 amide bonds. The molecule has 2 heterocycles. The lowest BCUT2D eigenvalue weighted by molar-refractivity contribution is -0.101. The first kappa shape index (κ1) is 25.2. The number of halogens is 2. The first-order chi connectivity index (χ1) is 16.4. The van der Waals surface area contributed by atoms with E-state index in [1.165, 1.54) is 0 Å². The summed E-state index contributed by atoms with van der Waals surface area (Å²) in [6.07, 6.45) is 0.376. The number of hydrogen-bond donors (Lipinski definition) is 1. The van der Waals surface area contributed by atoms with E-state index in [9.17, 15) is 18.7 Å². The number of alkyl halides is 2. The fourth-order valence-electron chi connectivity index (χ4n) is 4.49. The molecule has 2 aromatic carbocycles. The standard InChI is InChI=1S/C26H29F2N3O3S/c1-17(18-10-12-19(13-11-18)21-29-30-22(35-21)25(4,27)28)31-15-14-26(34-23(31)32,16-24(2,3)33)20-8-6-5-7-9-20/h5-13,17,33H,14-16H2,1-4H3/t17-,26-/m0/s1. The number of ether oxygens (including phenoxy) is 1. The van der Waals surface area contributed by atoms with Gasteiger partial charge in [-0.25, -0.2) is 4.79 Å². The molecular formula is C26H29F2N3O3S. The maximum Gasteiger partial charge on any atom is 0.411 e. The fourth-order valence-corrected chi connectivity index (χ4v) is 5.27. The van der Waals surface area contributed by atoms with Crippen LogP contribution in [-0.4, -0.2) is 38.4 Å². The van der Waals surface area contributed by atoms with Gasteiger partial charge in [-0.2, -0.15) is 8.78 Å². The van der Waals surface area contributed by atoms with Crippen molar-refractivity contribution in [1.29, 1.82) is 0 Å². The Bertz CT molecular complexity index is 1170. The van der Waals surface area contributed by atoms with Crippen molar-refractivity contribution in [2.75, 3.05) is 6.54 Å². The number of carbonyl (C=O) groups excluding carboxylic acids is 1. The van der Waals surface area contributed by atoms with E-state index in [1.807, 2.05) is 49.4 Å². The van der Waals surface area contributed by atoms with Gasteiger partial charge in [-0.05, 0) is 31.9 Å². The highest BCUT2D eigenvalue weighted by Gasteiger charge is 2.46. The fraction of sp³-hybridized carbons (Fsp3) is 0.423. The second-order valence-electron chi connectivity index (χ2n) is 9.76. The van der Waals surface area contributed by atoms with Crippen molar-refractivity contribution in [1.82, 2.24) is 15.1 Å². The summed E-state index contributed by atoms with van der Waals surface area (Å²) in [5.41, 5.74) is 0.496. The molecule has 2 atom stereocenters. The molecule has 0 radical (unpaired) electrons. The van der Waals surface area contributed by atoms with Crippen molar-refractivity contribution >= 4 is 17.4 Å². The van der Waals surface area contributed by atoms with Crippen LogP contribution in [0.5, 0.6) is 0 Å². The van der Waals surface area contributed by atoms with Gasteiger partial charge in [0.1, 0.15) is 10.6 Å². The van der Waals surface area contributed by atoms with E-state index in [0.717, 1.165) is 29.4 Å². The van der Waals surface area contributed by atoms with Crippen molar-refractivity contribution < 1.29 is 23.4 Å². The SMILES string of the molecule is C[C@@H](c1ccc(-c2nnc(C(C)(F)F)s2)cc1)N1CC[C@](CC(C)(C)O)(c2ccccc2)OC1=O. The molecule has 4 rings (SSSR count). The summed E-state index contributed by atoms with van der Waals surface area (Å²) in [5, 5.41) is 18.1. The van der Waals surface area contributed by atoms with Gasteiger partial charge in [0.2, 0.25) is 0 Å². The Hall–Kier alpha value is -2.91. The van der Waals surface area contributed by atoms with E-state index in [-0.39, 0.29) is 17.5 Å². The summed E-state index contributed by atoms with van der Waals surface area (Å²) in [4.78, 5) is 14.9. The van der Waals surface area contributed by atoms with Crippen LogP contribution in [0.1, 0.15) is 62.7 Å². The van der Waals surface area contributed by atoms with Crippen LogP contribution in [-0.2, 0) is 16.3 Å². The number of amides is 1. The second kappa shape index (κ2) is 9.28. The van der Waals surface area contributed by atoms with E-state index < -0.39 is 23.2 Å². The number of benzene rings is 2. The molecule has 9 heteroatoms. The highest BCUT2D eigenvalue weighted by molar-refractivity contribution is 7.14. The maximum absolute atomic E-state index is 13.5. The van der Waals surface area contributed by atoms with Gasteiger partial charge in [0, 0.05) is 31.9 Å². The van der Waals surface area contributed by atoms with Crippen molar-refractivity contribution in [2.45, 2.75) is 63.7 Å². The van der Waals surface area contributed by atoms with Crippen molar-refractivity contribution in [3.8, 4) is 10.6 Å². The topological polar surface area (TPSA) is 75.6 Å². The summed E-state index contributed by atoms with van der Waals surface area (Å²) in [5.74, 6) is -3.03. The molecule has 1 aromatic heterocycles. The number of aliphatic hydroxyl groups is 1. The number of aromatic nitrogens is 2. The Morgan fingerprint density at radius 2 is 1.77 bits per heavy atom. The minimum Gasteiger partial charge on any atom is -0.438 e. The largest absolute Gasteiger partial charge is 0.438 e. The molecule has 0 unspecified atom stereocenters. The molecule has 1 saturated heterocycles. The predicted molar refractivity (Wildman–Crippen MR) is 130 cm³/mol. The molecule has 6 nitrogen and oxygen atoms in total. The van der Waals surface area contributed by atoms with E-state index >= 15 is 0 Å². The summed E-state index contributed by atoms with van der Waals surface area (Å²) >= 11 is 0.860. The van der Waals surface area contributed by atoms with Crippen LogP contribution in [0.25, 0.3) is 10.6 Å². The van der Waals surface area contributed by atoms with E-state index in [2.05, 4.69) is 10.2 Å². The molecule has 3 aromatic rings. The second-order valence-corrected chi connectivity index (χ2v) is 10.7. The molecule has 1 aliphatic heterocycles. The lowest BCUT2D eigenvalue weighted by Crippen LogP contribution is -2.51. The van der Waals surface area contributed by atoms with Crippen LogP contribution in [0.4, 0.5) is 13.6 Å². The zero-order chi connectivity index (χ0) is 25.4. The molecule has 0 spiro atoms. The van der Waals surface area contributed by atoms with Crippen molar-refractivity contribution in [3.05, 3.63) is 70.7 Å². The molecule has 186 valence electrons. The Balaban J connectivity index is 1.51. The summed E-state index contributed by atoms with van der Waals surface area (Å²) < 4.78 is 33.0. The number of rotatable bonds is 7. The van der Waals surface area contributed by atoms with Crippen LogP contribution < -0.4 is 0 Å². The van der Waals surface area contributed by atoms with Crippen LogP contribution in [0, 0.1) is 0 Å². The lowest BCUT2D eigenvalue weighted by atomic mass is 9.80. The van der Waals surface area contributed by atoms with E-state index in [4.69, 9.17) is 4.74 Å². The molecule has 0 saturated carbocycles. The monoisotopic (exact) mass is 501 g/mol. The number of hydrogen-bond acceptors (Lipinski definition) is 6. The van der Waals surface area contributed by atoms with Gasteiger partial charge in [0.15, 0.2) is 5.01 Å². The van der Waals surface area contributed by atoms with Crippen LogP contribution >= 0.6 is 11.3 Å². The smallest absolute Gasteiger partial charge is 0.411 e. The Morgan fingerprint density at radius 1 is 1.11 bits per heavy atom. The average molecular weight is 502 g/mol. The highest BCUT2D eigenvalue weighted by atomic mass is 32.1. The van der Waals surface area contributed by atoms with Gasteiger partial charge in [-0.3, -0.25) is 0 Å². The Labute approximate surface area is 207 Å². The summed E-state index contributed by atoms with van der Waals surface area (Å²) in [6, 6.07) is 16.6. The minimum atomic E-state index is -3.03. The third kappa shape index (κ3) is 5.51. The number of carbonyl (C=O) groups is 1. The predicted octanol–water partition coefficient (Wildman–Crippen LogP) is 6.28. The Kier molecular flexibility index (Phi) is 6.68. The van der Waals surface area contributed by atoms with Gasteiger partial charge in [0.25, 0.3) is 5.92 Å². The molecule has 35 heavy (non-hydrogen) atoms. The normalized spacial score (nSPS) is 20.0. The summed E-state index contributed by atoms with van der Waals surface area (Å²) in [6.45, 7) is 6.60. The number of cyclic esters (lactones) is 1. The first-order valence-corrected chi connectivity index (χ1v) is 12.3. The van der Waals surface area contributed by atoms with Crippen LogP contribution in [0.15, 0.2) is 54.6 Å². The van der Waals surface area contributed by atoms with Gasteiger partial charge in [0.05, 0.1) is 11.6 Å². The molecular weight excluding hydrogens is 472 g/mol. The lowest BCUT2D eigenvalue weighted by Gasteiger charge is -2.45. The first-order valence-electron chi connectivity index (χ1n) is 11.5. The zero-order valence-electron chi connectivity index (χ0n) is 20.2. The quantitative estimate of drug-likeness (QED) is 0.413. The maximum atomic E-state index is 13.5. The number of nitrogens with zero attached hydrogens (tertiary/aromatic N) is 3. The van der Waals surface area contributed by atoms with Gasteiger partial charge in [-0.1, -0.05) is 65.9 Å². The minimum absolute atomic E-state index is 0.266. The molecule has 1 fully saturated rings.